The van der Waals surface area contributed by atoms with Crippen LogP contribution >= 0.6 is 0 Å². The van der Waals surface area contributed by atoms with Gasteiger partial charge in [0.25, 0.3) is 0 Å². The maximum atomic E-state index is 12.1. The molecule has 17 heavy (non-hydrogen) atoms. The summed E-state index contributed by atoms with van der Waals surface area (Å²) < 4.78 is 5.06. The highest BCUT2D eigenvalue weighted by molar-refractivity contribution is 5.76. The van der Waals surface area contributed by atoms with E-state index in [1.807, 2.05) is 4.90 Å². The second-order valence-corrected chi connectivity index (χ2v) is 4.72. The van der Waals surface area contributed by atoms with Gasteiger partial charge in [-0.3, -0.25) is 4.79 Å². The molecule has 1 fully saturated rings. The zero-order valence-electron chi connectivity index (χ0n) is 11.2. The predicted molar refractivity (Wildman–Crippen MR) is 69.0 cm³/mol. The fourth-order valence-electron chi connectivity index (χ4n) is 2.18. The second kappa shape index (κ2) is 8.48. The first kappa shape index (κ1) is 14.5. The first-order valence-corrected chi connectivity index (χ1v) is 6.78. The Kier molecular flexibility index (Phi) is 7.21. The Morgan fingerprint density at radius 1 is 1.47 bits per heavy atom. The Hall–Kier alpha value is -0.610. The van der Waals surface area contributed by atoms with Crippen molar-refractivity contribution in [1.82, 2.24) is 10.2 Å². The van der Waals surface area contributed by atoms with Crippen molar-refractivity contribution >= 4 is 5.91 Å². The zero-order chi connectivity index (χ0) is 12.5. The molecule has 1 amide bonds. The molecule has 1 aliphatic heterocycles. The lowest BCUT2D eigenvalue weighted by Crippen LogP contribution is -2.38. The van der Waals surface area contributed by atoms with E-state index in [1.54, 1.807) is 7.11 Å². The molecule has 0 bridgehead atoms. The molecule has 0 radical (unpaired) electrons. The molecule has 100 valence electrons. The number of nitrogens with zero attached hydrogens (tertiary/aromatic N) is 1. The summed E-state index contributed by atoms with van der Waals surface area (Å²) in [5.41, 5.74) is 0. The maximum Gasteiger partial charge on any atom is 0.224 e. The van der Waals surface area contributed by atoms with Crippen molar-refractivity contribution in [1.29, 1.82) is 0 Å². The molecule has 0 aliphatic carbocycles. The number of ether oxygens (including phenoxy) is 1. The fourth-order valence-corrected chi connectivity index (χ4v) is 2.18. The fraction of sp³-hybridized carbons (Fsp3) is 0.923. The van der Waals surface area contributed by atoms with Gasteiger partial charge in [-0.15, -0.1) is 0 Å². The van der Waals surface area contributed by atoms with E-state index in [0.717, 1.165) is 38.9 Å². The van der Waals surface area contributed by atoms with Crippen LogP contribution in [0, 0.1) is 0 Å². The molecule has 0 aromatic rings. The number of carbonyl (C=O) groups excluding carboxylic acids is 1. The third-order valence-corrected chi connectivity index (χ3v) is 3.28. The zero-order valence-corrected chi connectivity index (χ0v) is 11.2. The maximum absolute atomic E-state index is 12.1. The molecule has 0 spiro atoms. The molecule has 1 rings (SSSR count). The number of carbonyl (C=O) groups is 1. The highest BCUT2D eigenvalue weighted by atomic mass is 16.5. The minimum Gasteiger partial charge on any atom is -0.383 e. The van der Waals surface area contributed by atoms with Crippen LogP contribution in [0.5, 0.6) is 0 Å². The molecule has 0 saturated carbocycles. The lowest BCUT2D eigenvalue weighted by atomic mass is 10.1. The van der Waals surface area contributed by atoms with Crippen molar-refractivity contribution in [3.05, 3.63) is 0 Å². The van der Waals surface area contributed by atoms with Crippen LogP contribution in [0.4, 0.5) is 0 Å². The molecule has 1 aliphatic rings. The van der Waals surface area contributed by atoms with Gasteiger partial charge in [-0.05, 0) is 25.8 Å². The lowest BCUT2D eigenvalue weighted by molar-refractivity contribution is -0.132. The minimum absolute atomic E-state index is 0.273. The molecule has 0 aromatic carbocycles. The van der Waals surface area contributed by atoms with E-state index in [9.17, 15) is 4.79 Å². The first-order valence-electron chi connectivity index (χ1n) is 6.78. The van der Waals surface area contributed by atoms with Gasteiger partial charge in [0, 0.05) is 32.7 Å². The van der Waals surface area contributed by atoms with Crippen LogP contribution < -0.4 is 5.32 Å². The van der Waals surface area contributed by atoms with Crippen LogP contribution in [0.3, 0.4) is 0 Å². The topological polar surface area (TPSA) is 41.6 Å². The summed E-state index contributed by atoms with van der Waals surface area (Å²) in [5, 5.41) is 3.38. The smallest absolute Gasteiger partial charge is 0.224 e. The predicted octanol–water partition coefficient (Wildman–Crippen LogP) is 1.40. The van der Waals surface area contributed by atoms with Crippen molar-refractivity contribution in [3.63, 3.8) is 0 Å². The number of amides is 1. The van der Waals surface area contributed by atoms with E-state index in [4.69, 9.17) is 4.74 Å². The SMILES string of the molecule is CCCCN(CCOC)C(=O)CC1CCCN1. The molecule has 1 atom stereocenters. The van der Waals surface area contributed by atoms with Gasteiger partial charge in [0.15, 0.2) is 0 Å². The summed E-state index contributed by atoms with van der Waals surface area (Å²) >= 11 is 0. The summed E-state index contributed by atoms with van der Waals surface area (Å²) in [7, 11) is 1.68. The third kappa shape index (κ3) is 5.50. The summed E-state index contributed by atoms with van der Waals surface area (Å²) in [4.78, 5) is 14.1. The van der Waals surface area contributed by atoms with Gasteiger partial charge in [-0.1, -0.05) is 13.3 Å². The third-order valence-electron chi connectivity index (χ3n) is 3.28. The highest BCUT2D eigenvalue weighted by Crippen LogP contribution is 2.11. The number of rotatable bonds is 8. The monoisotopic (exact) mass is 242 g/mol. The van der Waals surface area contributed by atoms with E-state index in [0.29, 0.717) is 19.1 Å². The van der Waals surface area contributed by atoms with Gasteiger partial charge in [0.2, 0.25) is 5.91 Å². The van der Waals surface area contributed by atoms with Gasteiger partial charge in [0.05, 0.1) is 6.61 Å². The number of methoxy groups -OCH3 is 1. The van der Waals surface area contributed by atoms with Crippen molar-refractivity contribution in [2.24, 2.45) is 0 Å². The van der Waals surface area contributed by atoms with Crippen LogP contribution in [-0.4, -0.2) is 50.2 Å². The number of unbranched alkanes of at least 4 members (excludes halogenated alkanes) is 1. The normalized spacial score (nSPS) is 19.5. The van der Waals surface area contributed by atoms with Crippen molar-refractivity contribution < 1.29 is 9.53 Å². The molecule has 1 heterocycles. The summed E-state index contributed by atoms with van der Waals surface area (Å²) in [6.07, 6.45) is 5.18. The summed E-state index contributed by atoms with van der Waals surface area (Å²) in [6.45, 7) is 5.43. The molecular weight excluding hydrogens is 216 g/mol. The van der Waals surface area contributed by atoms with Crippen LogP contribution in [-0.2, 0) is 9.53 Å². The number of hydrogen-bond acceptors (Lipinski definition) is 3. The molecule has 1 unspecified atom stereocenters. The van der Waals surface area contributed by atoms with E-state index in [2.05, 4.69) is 12.2 Å². The van der Waals surface area contributed by atoms with Gasteiger partial charge < -0.3 is 15.0 Å². The molecule has 4 heteroatoms. The largest absolute Gasteiger partial charge is 0.383 e. The van der Waals surface area contributed by atoms with E-state index in [-0.39, 0.29) is 5.91 Å². The van der Waals surface area contributed by atoms with Crippen molar-refractivity contribution in [2.75, 3.05) is 33.4 Å². The van der Waals surface area contributed by atoms with Crippen LogP contribution in [0.1, 0.15) is 39.0 Å². The second-order valence-electron chi connectivity index (χ2n) is 4.72. The number of nitrogens with one attached hydrogen (secondary N) is 1. The van der Waals surface area contributed by atoms with Gasteiger partial charge in [-0.25, -0.2) is 0 Å². The average molecular weight is 242 g/mol. The Morgan fingerprint density at radius 2 is 2.29 bits per heavy atom. The van der Waals surface area contributed by atoms with E-state index < -0.39 is 0 Å². The Bertz CT molecular complexity index is 207. The first-order chi connectivity index (χ1) is 8.27. The molecule has 0 aromatic heterocycles. The molecule has 1 saturated heterocycles. The number of hydrogen-bond donors (Lipinski definition) is 1. The molecule has 4 nitrogen and oxygen atoms in total. The van der Waals surface area contributed by atoms with Crippen LogP contribution in [0.25, 0.3) is 0 Å². The Labute approximate surface area is 105 Å². The minimum atomic E-state index is 0.273. The summed E-state index contributed by atoms with van der Waals surface area (Å²) in [6, 6.07) is 0.397. The molecular formula is C13H26N2O2. The van der Waals surface area contributed by atoms with Gasteiger partial charge >= 0.3 is 0 Å². The quantitative estimate of drug-likeness (QED) is 0.699. The summed E-state index contributed by atoms with van der Waals surface area (Å²) in [5.74, 6) is 0.273. The average Bonchev–Trinajstić information content (AvgIpc) is 2.82. The standard InChI is InChI=1S/C13H26N2O2/c1-3-4-8-15(9-10-17-2)13(16)11-12-6-5-7-14-12/h12,14H,3-11H2,1-2H3. The van der Waals surface area contributed by atoms with Crippen molar-refractivity contribution in [2.45, 2.75) is 45.1 Å². The Morgan fingerprint density at radius 3 is 2.88 bits per heavy atom. The van der Waals surface area contributed by atoms with E-state index in [1.165, 1.54) is 6.42 Å². The van der Waals surface area contributed by atoms with Crippen molar-refractivity contribution in [3.8, 4) is 0 Å². The Balaban J connectivity index is 2.34. The van der Waals surface area contributed by atoms with E-state index >= 15 is 0 Å². The van der Waals surface area contributed by atoms with Gasteiger partial charge in [0.1, 0.15) is 0 Å². The molecule has 1 N–H and O–H groups in total. The van der Waals surface area contributed by atoms with Gasteiger partial charge in [-0.2, -0.15) is 0 Å². The lowest BCUT2D eigenvalue weighted by Gasteiger charge is -2.23. The van der Waals surface area contributed by atoms with Crippen LogP contribution in [0.2, 0.25) is 0 Å². The van der Waals surface area contributed by atoms with Crippen LogP contribution in [0.15, 0.2) is 0 Å². The highest BCUT2D eigenvalue weighted by Gasteiger charge is 2.21.